The largest absolute Gasteiger partial charge is 0.489 e. The summed E-state index contributed by atoms with van der Waals surface area (Å²) < 4.78 is 46.2. The summed E-state index contributed by atoms with van der Waals surface area (Å²) >= 11 is 6.50. The fourth-order valence-corrected chi connectivity index (χ4v) is 4.42. The predicted molar refractivity (Wildman–Crippen MR) is 93.6 cm³/mol. The monoisotopic (exact) mass is 465 g/mol. The van der Waals surface area contributed by atoms with E-state index in [1.54, 1.807) is 24.3 Å². The normalized spacial score (nSPS) is 11.7. The fraction of sp³-hybridized carbons (Fsp3) is 0.200. The first-order chi connectivity index (χ1) is 10.8. The lowest BCUT2D eigenvalue weighted by Gasteiger charge is -2.18. The summed E-state index contributed by atoms with van der Waals surface area (Å²) in [5, 5.41) is 0. The van der Waals surface area contributed by atoms with Crippen molar-refractivity contribution < 1.29 is 17.5 Å². The van der Waals surface area contributed by atoms with Gasteiger partial charge in [0.15, 0.2) is 11.6 Å². The smallest absolute Gasteiger partial charge is 0.244 e. The topological polar surface area (TPSA) is 46.6 Å². The van der Waals surface area contributed by atoms with E-state index in [2.05, 4.69) is 31.9 Å². The number of hydrogen-bond donors (Lipinski definition) is 0. The minimum absolute atomic E-state index is 0.0439. The van der Waals surface area contributed by atoms with E-state index in [4.69, 9.17) is 4.74 Å². The summed E-state index contributed by atoms with van der Waals surface area (Å²) in [6.45, 7) is 0.137. The van der Waals surface area contributed by atoms with Gasteiger partial charge < -0.3 is 4.74 Å². The Morgan fingerprint density at radius 2 is 1.87 bits per heavy atom. The molecule has 0 aromatic heterocycles. The highest BCUT2D eigenvalue weighted by molar-refractivity contribution is 9.11. The number of ether oxygens (including phenoxy) is 1. The van der Waals surface area contributed by atoms with Crippen LogP contribution >= 0.6 is 31.9 Å². The standard InChI is InChI=1S/C15H14Br2FNO3S/c1-19(8-9-22-14-5-3-2-4-13(14)18)23(20,21)15-10-11(16)6-7-12(15)17/h2-7,10H,8-9H2,1H3. The lowest BCUT2D eigenvalue weighted by Crippen LogP contribution is -2.31. The molecule has 0 aliphatic carbocycles. The number of nitrogens with zero attached hydrogens (tertiary/aromatic N) is 1. The van der Waals surface area contributed by atoms with Gasteiger partial charge in [0, 0.05) is 22.5 Å². The molecule has 23 heavy (non-hydrogen) atoms. The second-order valence-corrected chi connectivity index (χ2v) is 8.46. The molecule has 4 nitrogen and oxygen atoms in total. The molecule has 0 amide bonds. The molecular weight excluding hydrogens is 453 g/mol. The van der Waals surface area contributed by atoms with Crippen LogP contribution in [0.4, 0.5) is 4.39 Å². The molecule has 0 radical (unpaired) electrons. The summed E-state index contributed by atoms with van der Waals surface area (Å²) in [6.07, 6.45) is 0. The van der Waals surface area contributed by atoms with E-state index in [-0.39, 0.29) is 23.8 Å². The third kappa shape index (κ3) is 4.53. The number of halogens is 3. The van der Waals surface area contributed by atoms with Crippen LogP contribution in [0.1, 0.15) is 0 Å². The molecule has 2 rings (SSSR count). The number of para-hydroxylation sites is 1. The summed E-state index contributed by atoms with van der Waals surface area (Å²) in [5.74, 6) is -0.380. The summed E-state index contributed by atoms with van der Waals surface area (Å²) in [4.78, 5) is 0.153. The van der Waals surface area contributed by atoms with Crippen LogP contribution < -0.4 is 4.74 Å². The molecule has 124 valence electrons. The van der Waals surface area contributed by atoms with Gasteiger partial charge in [-0.3, -0.25) is 0 Å². The van der Waals surface area contributed by atoms with Gasteiger partial charge in [-0.2, -0.15) is 4.31 Å². The quantitative estimate of drug-likeness (QED) is 0.645. The third-order valence-corrected chi connectivity index (χ3v) is 6.43. The van der Waals surface area contributed by atoms with Crippen LogP contribution in [0.15, 0.2) is 56.3 Å². The van der Waals surface area contributed by atoms with Crippen LogP contribution in [0.2, 0.25) is 0 Å². The van der Waals surface area contributed by atoms with Gasteiger partial charge in [0.05, 0.1) is 4.90 Å². The Labute approximate surface area is 151 Å². The first-order valence-corrected chi connectivity index (χ1v) is 9.63. The van der Waals surface area contributed by atoms with Crippen LogP contribution in [0.5, 0.6) is 5.75 Å². The Bertz CT molecular complexity index is 799. The molecular formula is C15H14Br2FNO3S. The highest BCUT2D eigenvalue weighted by Crippen LogP contribution is 2.27. The van der Waals surface area contributed by atoms with Gasteiger partial charge in [-0.25, -0.2) is 12.8 Å². The average Bonchev–Trinajstić information content (AvgIpc) is 2.51. The number of likely N-dealkylation sites (N-methyl/N-ethyl adjacent to an activating group) is 1. The molecule has 0 saturated carbocycles. The Balaban J connectivity index is 2.06. The molecule has 0 aliphatic heterocycles. The molecule has 8 heteroatoms. The van der Waals surface area contributed by atoms with Gasteiger partial charge in [-0.15, -0.1) is 0 Å². The Morgan fingerprint density at radius 1 is 1.17 bits per heavy atom. The SMILES string of the molecule is CN(CCOc1ccccc1F)S(=O)(=O)c1cc(Br)ccc1Br. The van der Waals surface area contributed by atoms with Crippen molar-refractivity contribution in [2.45, 2.75) is 4.90 Å². The molecule has 2 aromatic carbocycles. The van der Waals surface area contributed by atoms with Crippen molar-refractivity contribution in [3.8, 4) is 5.75 Å². The molecule has 0 N–H and O–H groups in total. The van der Waals surface area contributed by atoms with Crippen LogP contribution in [-0.4, -0.2) is 32.9 Å². The maximum Gasteiger partial charge on any atom is 0.244 e. The van der Waals surface area contributed by atoms with E-state index in [9.17, 15) is 12.8 Å². The highest BCUT2D eigenvalue weighted by Gasteiger charge is 2.23. The molecule has 0 aliphatic rings. The Kier molecular flexibility index (Phi) is 6.19. The Hall–Kier alpha value is -0.960. The second kappa shape index (κ2) is 7.74. The summed E-state index contributed by atoms with van der Waals surface area (Å²) in [5.41, 5.74) is 0. The molecule has 0 spiro atoms. The van der Waals surface area contributed by atoms with Gasteiger partial charge in [0.1, 0.15) is 6.61 Å². The summed E-state index contributed by atoms with van der Waals surface area (Å²) in [6, 6.07) is 10.9. The molecule has 2 aromatic rings. The maximum absolute atomic E-state index is 13.4. The van der Waals surface area contributed by atoms with Crippen LogP contribution in [0.3, 0.4) is 0 Å². The van der Waals surface area contributed by atoms with Crippen molar-refractivity contribution in [3.05, 3.63) is 57.2 Å². The van der Waals surface area contributed by atoms with Crippen molar-refractivity contribution in [1.82, 2.24) is 4.31 Å². The zero-order chi connectivity index (χ0) is 17.0. The first-order valence-electron chi connectivity index (χ1n) is 6.61. The lowest BCUT2D eigenvalue weighted by molar-refractivity contribution is 0.275. The van der Waals surface area contributed by atoms with E-state index in [0.717, 1.165) is 0 Å². The van der Waals surface area contributed by atoms with E-state index >= 15 is 0 Å². The van der Waals surface area contributed by atoms with Crippen molar-refractivity contribution in [1.29, 1.82) is 0 Å². The van der Waals surface area contributed by atoms with Crippen molar-refractivity contribution in [2.24, 2.45) is 0 Å². The zero-order valence-corrected chi connectivity index (χ0v) is 16.2. The predicted octanol–water partition coefficient (Wildman–Crippen LogP) is 4.05. The van der Waals surface area contributed by atoms with E-state index < -0.39 is 15.8 Å². The molecule has 0 unspecified atom stereocenters. The minimum Gasteiger partial charge on any atom is -0.489 e. The number of benzene rings is 2. The molecule has 0 fully saturated rings. The number of sulfonamides is 1. The van der Waals surface area contributed by atoms with Gasteiger partial charge in [0.25, 0.3) is 0 Å². The summed E-state index contributed by atoms with van der Waals surface area (Å²) in [7, 11) is -2.22. The van der Waals surface area contributed by atoms with E-state index in [1.807, 2.05) is 0 Å². The third-order valence-electron chi connectivity index (χ3n) is 3.08. The average molecular weight is 467 g/mol. The van der Waals surface area contributed by atoms with Gasteiger partial charge in [-0.1, -0.05) is 28.1 Å². The van der Waals surface area contributed by atoms with Crippen LogP contribution in [0, 0.1) is 5.82 Å². The van der Waals surface area contributed by atoms with Crippen LogP contribution in [-0.2, 0) is 10.0 Å². The number of hydrogen-bond acceptors (Lipinski definition) is 3. The van der Waals surface area contributed by atoms with E-state index in [0.29, 0.717) is 8.95 Å². The minimum atomic E-state index is -3.67. The molecule has 0 saturated heterocycles. The second-order valence-electron chi connectivity index (χ2n) is 4.68. The van der Waals surface area contributed by atoms with Crippen molar-refractivity contribution >= 4 is 41.9 Å². The lowest BCUT2D eigenvalue weighted by atomic mass is 10.3. The first kappa shape index (κ1) is 18.4. The molecule has 0 bridgehead atoms. The van der Waals surface area contributed by atoms with Gasteiger partial charge in [-0.05, 0) is 46.3 Å². The van der Waals surface area contributed by atoms with Crippen molar-refractivity contribution in [2.75, 3.05) is 20.2 Å². The fourth-order valence-electron chi connectivity index (χ4n) is 1.81. The highest BCUT2D eigenvalue weighted by atomic mass is 79.9. The zero-order valence-electron chi connectivity index (χ0n) is 12.2. The maximum atomic E-state index is 13.4. The van der Waals surface area contributed by atoms with Gasteiger partial charge >= 0.3 is 0 Å². The molecule has 0 atom stereocenters. The Morgan fingerprint density at radius 3 is 2.57 bits per heavy atom. The number of rotatable bonds is 6. The van der Waals surface area contributed by atoms with Gasteiger partial charge in [0.2, 0.25) is 10.0 Å². The van der Waals surface area contributed by atoms with Crippen molar-refractivity contribution in [3.63, 3.8) is 0 Å². The van der Waals surface area contributed by atoms with E-state index in [1.165, 1.54) is 29.6 Å². The molecule has 0 heterocycles. The van der Waals surface area contributed by atoms with Crippen LogP contribution in [0.25, 0.3) is 0 Å².